The number of benzene rings is 2. The van der Waals surface area contributed by atoms with E-state index in [4.69, 9.17) is 14.3 Å². The Morgan fingerprint density at radius 2 is 1.88 bits per heavy atom. The molecule has 138 valence electrons. The summed E-state index contributed by atoms with van der Waals surface area (Å²) in [5, 5.41) is 3.66. The predicted molar refractivity (Wildman–Crippen MR) is 89.4 cm³/mol. The number of alkyl halides is 2. The molecular formula is C18H17F2NO5. The summed E-state index contributed by atoms with van der Waals surface area (Å²) in [6.07, 6.45) is 1.43. The molecule has 0 heterocycles. The van der Waals surface area contributed by atoms with Crippen LogP contribution in [0.15, 0.2) is 53.7 Å². The highest BCUT2D eigenvalue weighted by Gasteiger charge is 2.11. The number of carbonyl (C=O) groups is 1. The Balaban J connectivity index is 1.76. The van der Waals surface area contributed by atoms with Crippen molar-refractivity contribution in [2.75, 3.05) is 13.7 Å². The van der Waals surface area contributed by atoms with Gasteiger partial charge in [-0.25, -0.2) is 4.79 Å². The van der Waals surface area contributed by atoms with Crippen molar-refractivity contribution in [1.82, 2.24) is 0 Å². The Morgan fingerprint density at radius 1 is 1.15 bits per heavy atom. The second-order valence-corrected chi connectivity index (χ2v) is 4.93. The fourth-order valence-electron chi connectivity index (χ4n) is 1.91. The van der Waals surface area contributed by atoms with Gasteiger partial charge < -0.3 is 19.0 Å². The summed E-state index contributed by atoms with van der Waals surface area (Å²) in [4.78, 5) is 16.5. The van der Waals surface area contributed by atoms with E-state index in [1.54, 1.807) is 43.5 Å². The average molecular weight is 365 g/mol. The molecule has 2 aromatic carbocycles. The molecule has 0 aromatic heterocycles. The van der Waals surface area contributed by atoms with Gasteiger partial charge in [0.15, 0.2) is 0 Å². The number of nitrogens with zero attached hydrogens (tertiary/aromatic N) is 1. The van der Waals surface area contributed by atoms with Crippen LogP contribution in [-0.4, -0.2) is 32.5 Å². The van der Waals surface area contributed by atoms with Gasteiger partial charge in [0, 0.05) is 5.56 Å². The maximum atomic E-state index is 12.3. The fourth-order valence-corrected chi connectivity index (χ4v) is 1.91. The molecule has 0 aliphatic heterocycles. The standard InChI is InChI=1S/C18H17F2NO5/c1-23-15-8-6-13(7-9-15)10-21-25-12-17(22)24-11-14-4-2-3-5-16(14)26-18(19)20/h2-10,18H,11-12H2,1H3/b21-10+. The topological polar surface area (TPSA) is 66.4 Å². The molecule has 8 heteroatoms. The molecule has 0 radical (unpaired) electrons. The first-order chi connectivity index (χ1) is 12.6. The van der Waals surface area contributed by atoms with E-state index in [0.29, 0.717) is 11.3 Å². The molecule has 2 rings (SSSR count). The van der Waals surface area contributed by atoms with Crippen LogP contribution in [0.2, 0.25) is 0 Å². The molecule has 0 N–H and O–H groups in total. The van der Waals surface area contributed by atoms with Gasteiger partial charge >= 0.3 is 12.6 Å². The highest BCUT2D eigenvalue weighted by molar-refractivity contribution is 5.79. The number of hydrogen-bond donors (Lipinski definition) is 0. The smallest absolute Gasteiger partial charge is 0.387 e. The SMILES string of the molecule is COc1ccc(/C=N/OCC(=O)OCc2ccccc2OC(F)F)cc1. The van der Waals surface area contributed by atoms with Crippen LogP contribution < -0.4 is 9.47 Å². The zero-order valence-corrected chi connectivity index (χ0v) is 13.9. The Labute approximate surface area is 148 Å². The van der Waals surface area contributed by atoms with E-state index in [1.807, 2.05) is 0 Å². The van der Waals surface area contributed by atoms with Crippen molar-refractivity contribution in [2.45, 2.75) is 13.2 Å². The number of hydrogen-bond acceptors (Lipinski definition) is 6. The van der Waals surface area contributed by atoms with Crippen molar-refractivity contribution in [1.29, 1.82) is 0 Å². The normalized spacial score (nSPS) is 10.8. The van der Waals surface area contributed by atoms with E-state index in [2.05, 4.69) is 9.89 Å². The van der Waals surface area contributed by atoms with E-state index >= 15 is 0 Å². The van der Waals surface area contributed by atoms with Gasteiger partial charge in [-0.3, -0.25) is 0 Å². The molecule has 0 saturated heterocycles. The molecule has 0 unspecified atom stereocenters. The first-order valence-corrected chi connectivity index (χ1v) is 7.56. The highest BCUT2D eigenvalue weighted by Crippen LogP contribution is 2.21. The number of halogens is 2. The third-order valence-corrected chi connectivity index (χ3v) is 3.15. The van der Waals surface area contributed by atoms with E-state index in [1.165, 1.54) is 18.3 Å². The summed E-state index contributed by atoms with van der Waals surface area (Å²) in [6.45, 7) is -3.58. The lowest BCUT2D eigenvalue weighted by Gasteiger charge is -2.10. The van der Waals surface area contributed by atoms with E-state index in [9.17, 15) is 13.6 Å². The Hall–Kier alpha value is -3.16. The highest BCUT2D eigenvalue weighted by atomic mass is 19.3. The number of esters is 1. The molecule has 0 spiro atoms. The van der Waals surface area contributed by atoms with E-state index < -0.39 is 19.2 Å². The molecule has 0 amide bonds. The lowest BCUT2D eigenvalue weighted by atomic mass is 10.2. The minimum Gasteiger partial charge on any atom is -0.497 e. The first kappa shape index (κ1) is 19.2. The molecule has 26 heavy (non-hydrogen) atoms. The summed E-state index contributed by atoms with van der Waals surface area (Å²) in [5.41, 5.74) is 1.08. The average Bonchev–Trinajstić information content (AvgIpc) is 2.64. The summed E-state index contributed by atoms with van der Waals surface area (Å²) >= 11 is 0. The largest absolute Gasteiger partial charge is 0.497 e. The maximum absolute atomic E-state index is 12.3. The van der Waals surface area contributed by atoms with E-state index in [0.717, 1.165) is 5.56 Å². The first-order valence-electron chi connectivity index (χ1n) is 7.56. The van der Waals surface area contributed by atoms with Crippen molar-refractivity contribution < 1.29 is 32.6 Å². The Bertz CT molecular complexity index is 735. The van der Waals surface area contributed by atoms with Gasteiger partial charge in [-0.1, -0.05) is 23.4 Å². The van der Waals surface area contributed by atoms with E-state index in [-0.39, 0.29) is 12.4 Å². The second-order valence-electron chi connectivity index (χ2n) is 4.93. The van der Waals surface area contributed by atoms with Crippen LogP contribution in [0.1, 0.15) is 11.1 Å². The van der Waals surface area contributed by atoms with Crippen molar-refractivity contribution in [3.8, 4) is 11.5 Å². The summed E-state index contributed by atoms with van der Waals surface area (Å²) in [6, 6.07) is 13.1. The lowest BCUT2D eigenvalue weighted by molar-refractivity contribution is -0.150. The fraction of sp³-hybridized carbons (Fsp3) is 0.222. The number of carbonyl (C=O) groups excluding carboxylic acids is 1. The molecule has 2 aromatic rings. The zero-order chi connectivity index (χ0) is 18.8. The van der Waals surface area contributed by atoms with Gasteiger partial charge in [0.1, 0.15) is 18.1 Å². The molecule has 0 aliphatic carbocycles. The van der Waals surface area contributed by atoms with Crippen LogP contribution >= 0.6 is 0 Å². The summed E-state index contributed by atoms with van der Waals surface area (Å²) in [5.74, 6) is -0.0276. The van der Waals surface area contributed by atoms with Crippen LogP contribution in [0.3, 0.4) is 0 Å². The zero-order valence-electron chi connectivity index (χ0n) is 13.9. The van der Waals surface area contributed by atoms with Crippen molar-refractivity contribution in [2.24, 2.45) is 5.16 Å². The maximum Gasteiger partial charge on any atom is 0.387 e. The third kappa shape index (κ3) is 6.39. The second kappa shape index (κ2) is 9.97. The number of rotatable bonds is 9. The van der Waals surface area contributed by atoms with Crippen LogP contribution in [0.5, 0.6) is 11.5 Å². The summed E-state index contributed by atoms with van der Waals surface area (Å²) in [7, 11) is 1.57. The monoisotopic (exact) mass is 365 g/mol. The third-order valence-electron chi connectivity index (χ3n) is 3.15. The van der Waals surface area contributed by atoms with Crippen molar-refractivity contribution >= 4 is 12.2 Å². The van der Waals surface area contributed by atoms with Gasteiger partial charge in [-0.2, -0.15) is 8.78 Å². The molecular weight excluding hydrogens is 348 g/mol. The van der Waals surface area contributed by atoms with Crippen LogP contribution in [0, 0.1) is 0 Å². The lowest BCUT2D eigenvalue weighted by Crippen LogP contribution is -2.12. The van der Waals surface area contributed by atoms with Crippen molar-refractivity contribution in [3.05, 3.63) is 59.7 Å². The number of oxime groups is 1. The molecule has 0 fully saturated rings. The molecule has 6 nitrogen and oxygen atoms in total. The minimum absolute atomic E-state index is 0.0475. The summed E-state index contributed by atoms with van der Waals surface area (Å²) < 4.78 is 39.0. The minimum atomic E-state index is -2.96. The van der Waals surface area contributed by atoms with Crippen LogP contribution in [0.25, 0.3) is 0 Å². The predicted octanol–water partition coefficient (Wildman–Crippen LogP) is 3.39. The Kier molecular flexibility index (Phi) is 7.35. The number of methoxy groups -OCH3 is 1. The molecule has 0 aliphatic rings. The quantitative estimate of drug-likeness (QED) is 0.387. The van der Waals surface area contributed by atoms with Gasteiger partial charge in [0.25, 0.3) is 0 Å². The van der Waals surface area contributed by atoms with Gasteiger partial charge in [0.2, 0.25) is 6.61 Å². The number of ether oxygens (including phenoxy) is 3. The molecule has 0 saturated carbocycles. The molecule has 0 atom stereocenters. The van der Waals surface area contributed by atoms with Crippen LogP contribution in [0.4, 0.5) is 8.78 Å². The van der Waals surface area contributed by atoms with Crippen molar-refractivity contribution in [3.63, 3.8) is 0 Å². The van der Waals surface area contributed by atoms with Crippen LogP contribution in [-0.2, 0) is 21.0 Å². The van der Waals surface area contributed by atoms with Gasteiger partial charge in [0.05, 0.1) is 13.3 Å². The Morgan fingerprint density at radius 3 is 2.58 bits per heavy atom. The molecule has 0 bridgehead atoms. The van der Waals surface area contributed by atoms with Gasteiger partial charge in [-0.05, 0) is 35.9 Å². The van der Waals surface area contributed by atoms with Gasteiger partial charge in [-0.15, -0.1) is 0 Å². The number of para-hydroxylation sites is 1.